The van der Waals surface area contributed by atoms with Crippen molar-refractivity contribution < 1.29 is 17.6 Å². The number of hydrogen-bond donors (Lipinski definition) is 2. The zero-order chi connectivity index (χ0) is 16.4. The van der Waals surface area contributed by atoms with E-state index < -0.39 is 33.3 Å². The Hall–Kier alpha value is -0.990. The van der Waals surface area contributed by atoms with E-state index in [-0.39, 0.29) is 9.37 Å². The van der Waals surface area contributed by atoms with Crippen LogP contribution < -0.4 is 10.0 Å². The quantitative estimate of drug-likeness (QED) is 0.840. The molecule has 0 saturated heterocycles. The smallest absolute Gasteiger partial charge is 0.242 e. The topological polar surface area (TPSA) is 75.3 Å². The van der Waals surface area contributed by atoms with Crippen LogP contribution in [0.5, 0.6) is 0 Å². The predicted octanol–water partition coefficient (Wildman–Crippen LogP) is 2.17. The Bertz CT molecular complexity index is 641. The summed E-state index contributed by atoms with van der Waals surface area (Å²) in [5.74, 6) is -0.997. The molecule has 0 fully saturated rings. The molecular formula is C13H18BrFN2O3S. The molecule has 1 amide bonds. The zero-order valence-corrected chi connectivity index (χ0v) is 14.6. The fourth-order valence-electron chi connectivity index (χ4n) is 1.52. The first-order valence-corrected chi connectivity index (χ1v) is 8.49. The van der Waals surface area contributed by atoms with Gasteiger partial charge in [-0.3, -0.25) is 4.79 Å². The van der Waals surface area contributed by atoms with Crippen LogP contribution in [-0.2, 0) is 14.8 Å². The summed E-state index contributed by atoms with van der Waals surface area (Å²) in [7, 11) is -3.93. The van der Waals surface area contributed by atoms with Gasteiger partial charge in [-0.15, -0.1) is 0 Å². The molecule has 0 saturated carbocycles. The van der Waals surface area contributed by atoms with E-state index in [0.29, 0.717) is 0 Å². The van der Waals surface area contributed by atoms with Gasteiger partial charge in [-0.05, 0) is 61.8 Å². The van der Waals surface area contributed by atoms with Crippen LogP contribution in [-0.4, -0.2) is 25.9 Å². The molecule has 1 aromatic rings. The number of amides is 1. The van der Waals surface area contributed by atoms with Crippen LogP contribution in [0.25, 0.3) is 0 Å². The van der Waals surface area contributed by atoms with Crippen molar-refractivity contribution in [3.8, 4) is 0 Å². The number of carbonyl (C=O) groups excluding carboxylic acids is 1. The van der Waals surface area contributed by atoms with Crippen molar-refractivity contribution >= 4 is 31.9 Å². The molecule has 1 rings (SSSR count). The lowest BCUT2D eigenvalue weighted by molar-refractivity contribution is -0.123. The molecule has 5 nitrogen and oxygen atoms in total. The van der Waals surface area contributed by atoms with Crippen molar-refractivity contribution in [1.29, 1.82) is 0 Å². The summed E-state index contributed by atoms with van der Waals surface area (Å²) in [5.41, 5.74) is -0.465. The van der Waals surface area contributed by atoms with Gasteiger partial charge in [0.2, 0.25) is 15.9 Å². The lowest BCUT2D eigenvalue weighted by Gasteiger charge is -2.23. The molecule has 0 aliphatic carbocycles. The second-order valence-electron chi connectivity index (χ2n) is 5.66. The summed E-state index contributed by atoms with van der Waals surface area (Å²) in [6, 6.07) is 2.27. The van der Waals surface area contributed by atoms with Crippen molar-refractivity contribution in [2.45, 2.75) is 44.2 Å². The van der Waals surface area contributed by atoms with E-state index >= 15 is 0 Å². The van der Waals surface area contributed by atoms with Crippen molar-refractivity contribution in [2.24, 2.45) is 0 Å². The lowest BCUT2D eigenvalue weighted by Crippen LogP contribution is -2.50. The van der Waals surface area contributed by atoms with Gasteiger partial charge in [0.25, 0.3) is 0 Å². The van der Waals surface area contributed by atoms with Gasteiger partial charge in [-0.25, -0.2) is 12.8 Å². The first kappa shape index (κ1) is 18.1. The third-order valence-corrected chi connectivity index (χ3v) is 4.92. The highest BCUT2D eigenvalue weighted by molar-refractivity contribution is 9.10. The van der Waals surface area contributed by atoms with Crippen LogP contribution in [0.1, 0.15) is 27.7 Å². The first-order valence-electron chi connectivity index (χ1n) is 6.22. The fraction of sp³-hybridized carbons (Fsp3) is 0.462. The summed E-state index contributed by atoms with van der Waals surface area (Å²) in [6.45, 7) is 6.82. The molecule has 0 aliphatic heterocycles. The summed E-state index contributed by atoms with van der Waals surface area (Å²) in [6.07, 6.45) is 0. The largest absolute Gasteiger partial charge is 0.350 e. The van der Waals surface area contributed by atoms with Gasteiger partial charge in [-0.2, -0.15) is 4.72 Å². The predicted molar refractivity (Wildman–Crippen MR) is 81.8 cm³/mol. The lowest BCUT2D eigenvalue weighted by atomic mass is 10.1. The standard InChI is InChI=1S/C13H18BrFN2O3S/c1-8(12(18)16-13(2,3)4)17-21(19,20)11-6-5-9(15)7-10(11)14/h5-8,17H,1-4H3,(H,16,18). The molecule has 1 unspecified atom stereocenters. The van der Waals surface area contributed by atoms with Gasteiger partial charge in [0.15, 0.2) is 0 Å². The molecule has 1 atom stereocenters. The molecule has 1 aromatic carbocycles. The van der Waals surface area contributed by atoms with Crippen molar-refractivity contribution in [2.75, 3.05) is 0 Å². The maximum absolute atomic E-state index is 13.0. The van der Waals surface area contributed by atoms with Crippen LogP contribution in [0.15, 0.2) is 27.6 Å². The first-order chi connectivity index (χ1) is 9.42. The molecule has 0 spiro atoms. The molecule has 0 aliphatic rings. The van der Waals surface area contributed by atoms with E-state index in [1.165, 1.54) is 6.92 Å². The Morgan fingerprint density at radius 1 is 1.33 bits per heavy atom. The van der Waals surface area contributed by atoms with Crippen molar-refractivity contribution in [3.63, 3.8) is 0 Å². The van der Waals surface area contributed by atoms with Gasteiger partial charge in [0.1, 0.15) is 5.82 Å². The third-order valence-electron chi connectivity index (χ3n) is 2.41. The SMILES string of the molecule is CC(NS(=O)(=O)c1ccc(F)cc1Br)C(=O)NC(C)(C)C. The molecule has 0 radical (unpaired) electrons. The average molecular weight is 381 g/mol. The van der Waals surface area contributed by atoms with Gasteiger partial charge < -0.3 is 5.32 Å². The number of benzene rings is 1. The van der Waals surface area contributed by atoms with Gasteiger partial charge in [-0.1, -0.05) is 0 Å². The van der Waals surface area contributed by atoms with E-state index in [0.717, 1.165) is 18.2 Å². The van der Waals surface area contributed by atoms with Crippen molar-refractivity contribution in [3.05, 3.63) is 28.5 Å². The number of rotatable bonds is 4. The van der Waals surface area contributed by atoms with Crippen LogP contribution in [0, 0.1) is 5.82 Å². The van der Waals surface area contributed by atoms with E-state index in [4.69, 9.17) is 0 Å². The van der Waals surface area contributed by atoms with Crippen LogP contribution >= 0.6 is 15.9 Å². The van der Waals surface area contributed by atoms with E-state index in [1.807, 2.05) is 0 Å². The number of sulfonamides is 1. The monoisotopic (exact) mass is 380 g/mol. The molecule has 21 heavy (non-hydrogen) atoms. The molecule has 118 valence electrons. The average Bonchev–Trinajstić information content (AvgIpc) is 2.24. The number of carbonyl (C=O) groups is 1. The second-order valence-corrected chi connectivity index (χ2v) is 8.19. The normalized spacial score (nSPS) is 13.8. The van der Waals surface area contributed by atoms with Gasteiger partial charge in [0, 0.05) is 10.0 Å². The molecule has 0 heterocycles. The van der Waals surface area contributed by atoms with Gasteiger partial charge >= 0.3 is 0 Å². The highest BCUT2D eigenvalue weighted by Gasteiger charge is 2.26. The van der Waals surface area contributed by atoms with E-state index in [1.54, 1.807) is 20.8 Å². The summed E-state index contributed by atoms with van der Waals surface area (Å²) < 4.78 is 39.8. The number of halogens is 2. The minimum Gasteiger partial charge on any atom is -0.350 e. The minimum atomic E-state index is -3.93. The highest BCUT2D eigenvalue weighted by atomic mass is 79.9. The summed E-state index contributed by atoms with van der Waals surface area (Å²) in [5, 5.41) is 2.68. The fourth-order valence-corrected chi connectivity index (χ4v) is 3.77. The minimum absolute atomic E-state index is 0.0958. The van der Waals surface area contributed by atoms with Crippen LogP contribution in [0.2, 0.25) is 0 Å². The molecule has 0 bridgehead atoms. The summed E-state index contributed by atoms with van der Waals surface area (Å²) in [4.78, 5) is 11.8. The second kappa shape index (κ2) is 6.41. The maximum atomic E-state index is 13.0. The molecular weight excluding hydrogens is 363 g/mol. The highest BCUT2D eigenvalue weighted by Crippen LogP contribution is 2.22. The zero-order valence-electron chi connectivity index (χ0n) is 12.2. The Kier molecular flexibility index (Phi) is 5.51. The Morgan fingerprint density at radius 3 is 2.38 bits per heavy atom. The van der Waals surface area contributed by atoms with E-state index in [9.17, 15) is 17.6 Å². The Morgan fingerprint density at radius 2 is 1.90 bits per heavy atom. The number of nitrogens with one attached hydrogen (secondary N) is 2. The van der Waals surface area contributed by atoms with Crippen LogP contribution in [0.3, 0.4) is 0 Å². The van der Waals surface area contributed by atoms with Gasteiger partial charge in [0.05, 0.1) is 10.9 Å². The molecule has 0 aromatic heterocycles. The third kappa shape index (κ3) is 5.37. The maximum Gasteiger partial charge on any atom is 0.242 e. The Labute approximate surface area is 132 Å². The van der Waals surface area contributed by atoms with E-state index in [2.05, 4.69) is 26.0 Å². The van der Waals surface area contributed by atoms with Crippen LogP contribution in [0.4, 0.5) is 4.39 Å². The Balaban J connectivity index is 2.92. The molecule has 2 N–H and O–H groups in total. The van der Waals surface area contributed by atoms with Crippen molar-refractivity contribution in [1.82, 2.24) is 10.0 Å². The molecule has 8 heteroatoms. The summed E-state index contributed by atoms with van der Waals surface area (Å²) >= 11 is 3.00. The number of hydrogen-bond acceptors (Lipinski definition) is 3.